The van der Waals surface area contributed by atoms with Gasteiger partial charge in [-0.25, -0.2) is 22.2 Å². The van der Waals surface area contributed by atoms with E-state index in [0.717, 1.165) is 12.1 Å². The molecule has 0 amide bonds. The summed E-state index contributed by atoms with van der Waals surface area (Å²) in [6, 6.07) is 2.54. The van der Waals surface area contributed by atoms with Crippen LogP contribution in [-0.4, -0.2) is 46.0 Å². The number of piperidine rings is 1. The van der Waals surface area contributed by atoms with Crippen LogP contribution in [0.1, 0.15) is 24.7 Å². The summed E-state index contributed by atoms with van der Waals surface area (Å²) in [5.41, 5.74) is 0.420. The molecule has 0 spiro atoms. The molecule has 1 aliphatic rings. The summed E-state index contributed by atoms with van der Waals surface area (Å²) in [5.74, 6) is -2.13. The molecule has 0 bridgehead atoms. The van der Waals surface area contributed by atoms with Crippen molar-refractivity contribution in [3.8, 4) is 11.6 Å². The Morgan fingerprint density at radius 1 is 1.14 bits per heavy atom. The number of aromatic nitrogens is 4. The number of benzene rings is 1. The SMILES string of the molecule is O=S(=O)(c1ccc(F)c(F)c1)N1CCCC(c2nnc(-c3cnccn3)o2)C1. The highest BCUT2D eigenvalue weighted by Crippen LogP contribution is 2.31. The van der Waals surface area contributed by atoms with Gasteiger partial charge in [-0.3, -0.25) is 4.98 Å². The summed E-state index contributed by atoms with van der Waals surface area (Å²) in [5, 5.41) is 7.97. The molecule has 3 heterocycles. The molecule has 4 rings (SSSR count). The van der Waals surface area contributed by atoms with Gasteiger partial charge in [-0.05, 0) is 31.0 Å². The van der Waals surface area contributed by atoms with Crippen LogP contribution in [0.2, 0.25) is 0 Å². The number of hydrogen-bond donors (Lipinski definition) is 0. The van der Waals surface area contributed by atoms with E-state index in [1.807, 2.05) is 0 Å². The summed E-state index contributed by atoms with van der Waals surface area (Å²) in [6.45, 7) is 0.367. The van der Waals surface area contributed by atoms with Crippen LogP contribution in [0.15, 0.2) is 46.1 Å². The molecule has 1 atom stereocenters. The van der Waals surface area contributed by atoms with Crippen molar-refractivity contribution in [3.05, 3.63) is 54.3 Å². The molecule has 28 heavy (non-hydrogen) atoms. The third-order valence-corrected chi connectivity index (χ3v) is 6.35. The van der Waals surface area contributed by atoms with Crippen LogP contribution < -0.4 is 0 Å². The second-order valence-electron chi connectivity index (χ2n) is 6.31. The molecule has 0 radical (unpaired) electrons. The van der Waals surface area contributed by atoms with Crippen LogP contribution in [-0.2, 0) is 10.0 Å². The van der Waals surface area contributed by atoms with Crippen molar-refractivity contribution in [1.82, 2.24) is 24.5 Å². The first-order chi connectivity index (χ1) is 13.4. The van der Waals surface area contributed by atoms with Crippen LogP contribution in [0, 0.1) is 11.6 Å². The predicted molar refractivity (Wildman–Crippen MR) is 92.4 cm³/mol. The zero-order valence-corrected chi connectivity index (χ0v) is 15.3. The Balaban J connectivity index is 1.56. The molecule has 0 saturated carbocycles. The van der Waals surface area contributed by atoms with E-state index in [2.05, 4.69) is 20.2 Å². The lowest BCUT2D eigenvalue weighted by Gasteiger charge is -2.30. The van der Waals surface area contributed by atoms with E-state index in [-0.39, 0.29) is 29.8 Å². The maximum Gasteiger partial charge on any atom is 0.267 e. The van der Waals surface area contributed by atoms with Crippen molar-refractivity contribution in [2.75, 3.05) is 13.1 Å². The molecule has 1 aromatic carbocycles. The molecule has 0 aliphatic carbocycles. The van der Waals surface area contributed by atoms with E-state index in [1.165, 1.54) is 22.9 Å². The Kier molecular flexibility index (Phi) is 4.85. The Hall–Kier alpha value is -2.79. The van der Waals surface area contributed by atoms with Gasteiger partial charge in [0.2, 0.25) is 15.9 Å². The first-order valence-electron chi connectivity index (χ1n) is 8.50. The largest absolute Gasteiger partial charge is 0.419 e. The molecule has 8 nitrogen and oxygen atoms in total. The number of nitrogens with zero attached hydrogens (tertiary/aromatic N) is 5. The van der Waals surface area contributed by atoms with Crippen molar-refractivity contribution in [1.29, 1.82) is 0 Å². The molecule has 0 N–H and O–H groups in total. The molecule has 1 saturated heterocycles. The first kappa shape index (κ1) is 18.6. The van der Waals surface area contributed by atoms with Crippen molar-refractivity contribution < 1.29 is 21.6 Å². The van der Waals surface area contributed by atoms with Crippen molar-refractivity contribution in [3.63, 3.8) is 0 Å². The fourth-order valence-electron chi connectivity index (χ4n) is 3.06. The molecule has 1 unspecified atom stereocenters. The van der Waals surface area contributed by atoms with Crippen molar-refractivity contribution in [2.24, 2.45) is 0 Å². The van der Waals surface area contributed by atoms with Gasteiger partial charge < -0.3 is 4.42 Å². The highest BCUT2D eigenvalue weighted by molar-refractivity contribution is 7.89. The minimum absolute atomic E-state index is 0.101. The van der Waals surface area contributed by atoms with Gasteiger partial charge in [-0.2, -0.15) is 4.31 Å². The number of hydrogen-bond acceptors (Lipinski definition) is 7. The normalized spacial score (nSPS) is 18.3. The predicted octanol–water partition coefficient (Wildman–Crippen LogP) is 2.37. The van der Waals surface area contributed by atoms with Crippen LogP contribution in [0.25, 0.3) is 11.6 Å². The lowest BCUT2D eigenvalue weighted by Crippen LogP contribution is -2.39. The smallest absolute Gasteiger partial charge is 0.267 e. The Bertz CT molecular complexity index is 1090. The van der Waals surface area contributed by atoms with E-state index in [0.29, 0.717) is 30.5 Å². The molecule has 2 aromatic heterocycles. The monoisotopic (exact) mass is 407 g/mol. The quantitative estimate of drug-likeness (QED) is 0.654. The second-order valence-corrected chi connectivity index (χ2v) is 8.25. The van der Waals surface area contributed by atoms with Crippen molar-refractivity contribution in [2.45, 2.75) is 23.7 Å². The van der Waals surface area contributed by atoms with Crippen molar-refractivity contribution >= 4 is 10.0 Å². The van der Waals surface area contributed by atoms with E-state index in [9.17, 15) is 17.2 Å². The highest BCUT2D eigenvalue weighted by atomic mass is 32.2. The van der Waals surface area contributed by atoms with Gasteiger partial charge in [0.05, 0.1) is 17.0 Å². The number of sulfonamides is 1. The summed E-state index contributed by atoms with van der Waals surface area (Å²) < 4.78 is 59.1. The van der Waals surface area contributed by atoms with Crippen LogP contribution in [0.4, 0.5) is 8.78 Å². The summed E-state index contributed by atoms with van der Waals surface area (Å²) in [4.78, 5) is 7.73. The molecule has 3 aromatic rings. The van der Waals surface area contributed by atoms with Crippen LogP contribution >= 0.6 is 0 Å². The Labute approximate surface area is 159 Å². The van der Waals surface area contributed by atoms with Gasteiger partial charge in [0.1, 0.15) is 5.69 Å². The van der Waals surface area contributed by atoms with E-state index < -0.39 is 21.7 Å². The molecular formula is C17H15F2N5O3S. The van der Waals surface area contributed by atoms with Gasteiger partial charge in [-0.1, -0.05) is 0 Å². The maximum absolute atomic E-state index is 13.5. The molecular weight excluding hydrogens is 392 g/mol. The van der Waals surface area contributed by atoms with Gasteiger partial charge >= 0.3 is 0 Å². The lowest BCUT2D eigenvalue weighted by atomic mass is 10.00. The minimum atomic E-state index is -3.97. The molecule has 1 aliphatic heterocycles. The zero-order chi connectivity index (χ0) is 19.7. The summed E-state index contributed by atoms with van der Waals surface area (Å²) in [6.07, 6.45) is 5.72. The average Bonchev–Trinajstić information content (AvgIpc) is 3.21. The van der Waals surface area contributed by atoms with Gasteiger partial charge in [-0.15, -0.1) is 10.2 Å². The number of rotatable bonds is 4. The standard InChI is InChI=1S/C17H15F2N5O3S/c18-13-4-3-12(8-14(13)19)28(25,26)24-7-1-2-11(10-24)16-22-23-17(27-16)15-9-20-5-6-21-15/h3-6,8-9,11H,1-2,7,10H2. The summed E-state index contributed by atoms with van der Waals surface area (Å²) >= 11 is 0. The Morgan fingerprint density at radius 3 is 2.75 bits per heavy atom. The topological polar surface area (TPSA) is 102 Å². The van der Waals surface area contributed by atoms with E-state index in [4.69, 9.17) is 4.42 Å². The third kappa shape index (κ3) is 3.50. The molecule has 1 fully saturated rings. The third-order valence-electron chi connectivity index (χ3n) is 4.49. The fourth-order valence-corrected chi connectivity index (χ4v) is 4.60. The molecule has 11 heteroatoms. The van der Waals surface area contributed by atoms with Crippen LogP contribution in [0.3, 0.4) is 0 Å². The average molecular weight is 407 g/mol. The Morgan fingerprint density at radius 2 is 2.00 bits per heavy atom. The van der Waals surface area contributed by atoms with Gasteiger partial charge in [0.25, 0.3) is 5.89 Å². The van der Waals surface area contributed by atoms with Gasteiger partial charge in [0, 0.05) is 25.5 Å². The lowest BCUT2D eigenvalue weighted by molar-refractivity contribution is 0.286. The second kappa shape index (κ2) is 7.32. The first-order valence-corrected chi connectivity index (χ1v) is 9.94. The van der Waals surface area contributed by atoms with E-state index >= 15 is 0 Å². The van der Waals surface area contributed by atoms with Gasteiger partial charge in [0.15, 0.2) is 11.6 Å². The minimum Gasteiger partial charge on any atom is -0.419 e. The zero-order valence-electron chi connectivity index (χ0n) is 14.5. The highest BCUT2D eigenvalue weighted by Gasteiger charge is 2.33. The number of halogens is 2. The maximum atomic E-state index is 13.5. The molecule has 146 valence electrons. The fraction of sp³-hybridized carbons (Fsp3) is 0.294. The van der Waals surface area contributed by atoms with Crippen LogP contribution in [0.5, 0.6) is 0 Å². The van der Waals surface area contributed by atoms with E-state index in [1.54, 1.807) is 0 Å². The summed E-state index contributed by atoms with van der Waals surface area (Å²) in [7, 11) is -3.97.